The van der Waals surface area contributed by atoms with Gasteiger partial charge in [0.15, 0.2) is 0 Å². The Bertz CT molecular complexity index is 197. The van der Waals surface area contributed by atoms with Crippen molar-refractivity contribution in [2.75, 3.05) is 0 Å². The maximum absolute atomic E-state index is 2.57. The van der Waals surface area contributed by atoms with Crippen LogP contribution in [-0.2, 0) is 0 Å². The lowest BCUT2D eigenvalue weighted by molar-refractivity contribution is 0.240. The quantitative estimate of drug-likeness (QED) is 0.512. The molecule has 3 atom stereocenters. The van der Waals surface area contributed by atoms with Crippen LogP contribution in [0.1, 0.15) is 59.3 Å². The van der Waals surface area contributed by atoms with E-state index in [2.05, 4.69) is 20.8 Å². The molecule has 1 aliphatic heterocycles. The summed E-state index contributed by atoms with van der Waals surface area (Å²) in [4.78, 5) is 0. The molecule has 1 aliphatic carbocycles. The molecular formula is C12H23P. The highest BCUT2D eigenvalue weighted by atomic mass is 31.1. The van der Waals surface area contributed by atoms with Gasteiger partial charge in [0.1, 0.15) is 0 Å². The van der Waals surface area contributed by atoms with Gasteiger partial charge in [0.25, 0.3) is 0 Å². The molecule has 13 heavy (non-hydrogen) atoms. The Morgan fingerprint density at radius 1 is 1.00 bits per heavy atom. The first-order valence-corrected chi connectivity index (χ1v) is 6.81. The molecule has 76 valence electrons. The Kier molecular flexibility index (Phi) is 2.47. The lowest BCUT2D eigenvalue weighted by Crippen LogP contribution is -2.41. The fraction of sp³-hybridized carbons (Fsp3) is 1.00. The lowest BCUT2D eigenvalue weighted by atomic mass is 9.75. The fourth-order valence-corrected chi connectivity index (χ4v) is 6.01. The first-order valence-electron chi connectivity index (χ1n) is 5.81. The number of rotatable bonds is 0. The minimum Gasteiger partial charge on any atom is -0.110 e. The Hall–Kier alpha value is 0.430. The number of fused-ring (bicyclic) bond motifs is 1. The Labute approximate surface area is 84.7 Å². The zero-order chi connectivity index (χ0) is 9.53. The summed E-state index contributed by atoms with van der Waals surface area (Å²) in [7, 11) is 1.21. The van der Waals surface area contributed by atoms with E-state index in [-0.39, 0.29) is 0 Å². The van der Waals surface area contributed by atoms with Gasteiger partial charge in [-0.25, -0.2) is 0 Å². The minimum atomic E-state index is 0.655. The second-order valence-electron chi connectivity index (χ2n) is 5.91. The van der Waals surface area contributed by atoms with Crippen LogP contribution in [0.2, 0.25) is 0 Å². The molecule has 2 aliphatic rings. The molecule has 0 bridgehead atoms. The van der Waals surface area contributed by atoms with Crippen molar-refractivity contribution < 1.29 is 0 Å². The summed E-state index contributed by atoms with van der Waals surface area (Å²) < 4.78 is 0. The van der Waals surface area contributed by atoms with Crippen LogP contribution in [0.15, 0.2) is 0 Å². The second-order valence-corrected chi connectivity index (χ2v) is 8.65. The molecule has 0 aromatic carbocycles. The maximum atomic E-state index is 2.57. The van der Waals surface area contributed by atoms with Crippen LogP contribution in [0.3, 0.4) is 0 Å². The SMILES string of the molecule is CC1(C)CCC2CCCCC2(C)P1. The summed E-state index contributed by atoms with van der Waals surface area (Å²) in [6.45, 7) is 7.51. The van der Waals surface area contributed by atoms with Gasteiger partial charge in [-0.15, -0.1) is 8.58 Å². The molecule has 0 nitrogen and oxygen atoms in total. The first-order chi connectivity index (χ1) is 6.02. The molecule has 0 aromatic rings. The van der Waals surface area contributed by atoms with Gasteiger partial charge in [-0.2, -0.15) is 0 Å². The highest BCUT2D eigenvalue weighted by molar-refractivity contribution is 7.42. The van der Waals surface area contributed by atoms with Gasteiger partial charge in [-0.3, -0.25) is 0 Å². The van der Waals surface area contributed by atoms with Crippen LogP contribution in [0.5, 0.6) is 0 Å². The maximum Gasteiger partial charge on any atom is -0.0117 e. The predicted molar refractivity (Wildman–Crippen MR) is 62.0 cm³/mol. The minimum absolute atomic E-state index is 0.655. The van der Waals surface area contributed by atoms with Crippen molar-refractivity contribution in [3.63, 3.8) is 0 Å². The normalized spacial score (nSPS) is 45.9. The van der Waals surface area contributed by atoms with Crippen molar-refractivity contribution in [2.24, 2.45) is 5.92 Å². The van der Waals surface area contributed by atoms with Gasteiger partial charge in [0.2, 0.25) is 0 Å². The van der Waals surface area contributed by atoms with E-state index in [1.165, 1.54) is 47.1 Å². The van der Waals surface area contributed by atoms with E-state index in [4.69, 9.17) is 0 Å². The summed E-state index contributed by atoms with van der Waals surface area (Å²) >= 11 is 0. The van der Waals surface area contributed by atoms with Gasteiger partial charge in [0, 0.05) is 0 Å². The molecule has 2 rings (SSSR count). The Balaban J connectivity index is 2.12. The summed E-state index contributed by atoms with van der Waals surface area (Å²) in [5.41, 5.74) is 0. The molecule has 0 aromatic heterocycles. The summed E-state index contributed by atoms with van der Waals surface area (Å²) in [6, 6.07) is 0. The number of hydrogen-bond acceptors (Lipinski definition) is 0. The third kappa shape index (κ3) is 1.94. The van der Waals surface area contributed by atoms with E-state index < -0.39 is 0 Å². The standard InChI is InChI=1S/C12H23P/c1-11(2)9-7-10-6-4-5-8-12(10,3)13-11/h10,13H,4-9H2,1-3H3. The van der Waals surface area contributed by atoms with Crippen molar-refractivity contribution in [3.05, 3.63) is 0 Å². The molecule has 0 N–H and O–H groups in total. The smallest absolute Gasteiger partial charge is 0.0117 e. The molecule has 1 saturated carbocycles. The van der Waals surface area contributed by atoms with Gasteiger partial charge in [-0.1, -0.05) is 33.6 Å². The van der Waals surface area contributed by atoms with E-state index in [1.54, 1.807) is 0 Å². The summed E-state index contributed by atoms with van der Waals surface area (Å²) in [5.74, 6) is 1.08. The summed E-state index contributed by atoms with van der Waals surface area (Å²) in [6.07, 6.45) is 9.03. The van der Waals surface area contributed by atoms with Crippen LogP contribution < -0.4 is 0 Å². The van der Waals surface area contributed by atoms with Crippen LogP contribution >= 0.6 is 8.58 Å². The Morgan fingerprint density at radius 3 is 2.54 bits per heavy atom. The molecule has 0 amide bonds. The second kappa shape index (κ2) is 3.23. The van der Waals surface area contributed by atoms with Crippen LogP contribution in [-0.4, -0.2) is 10.3 Å². The number of hydrogen-bond donors (Lipinski definition) is 0. The van der Waals surface area contributed by atoms with Crippen molar-refractivity contribution in [1.82, 2.24) is 0 Å². The largest absolute Gasteiger partial charge is 0.110 e. The molecule has 2 fully saturated rings. The highest BCUT2D eigenvalue weighted by Gasteiger charge is 2.44. The molecule has 1 saturated heterocycles. The van der Waals surface area contributed by atoms with E-state index >= 15 is 0 Å². The van der Waals surface area contributed by atoms with Gasteiger partial charge in [-0.05, 0) is 41.9 Å². The molecule has 1 heterocycles. The predicted octanol–water partition coefficient (Wildman–Crippen LogP) is 4.19. The molecular weight excluding hydrogens is 175 g/mol. The van der Waals surface area contributed by atoms with Crippen molar-refractivity contribution in [1.29, 1.82) is 0 Å². The van der Waals surface area contributed by atoms with E-state index in [0.29, 0.717) is 5.16 Å². The van der Waals surface area contributed by atoms with Crippen LogP contribution in [0.4, 0.5) is 0 Å². The average molecular weight is 198 g/mol. The third-order valence-corrected chi connectivity index (χ3v) is 6.30. The highest BCUT2D eigenvalue weighted by Crippen LogP contribution is 2.59. The van der Waals surface area contributed by atoms with Crippen molar-refractivity contribution >= 4 is 8.58 Å². The van der Waals surface area contributed by atoms with Crippen LogP contribution in [0, 0.1) is 5.92 Å². The van der Waals surface area contributed by atoms with E-state index in [1.807, 2.05) is 0 Å². The monoisotopic (exact) mass is 198 g/mol. The fourth-order valence-electron chi connectivity index (χ4n) is 3.40. The summed E-state index contributed by atoms with van der Waals surface area (Å²) in [5, 5.41) is 1.39. The first kappa shape index (κ1) is 9.97. The van der Waals surface area contributed by atoms with Crippen molar-refractivity contribution in [3.8, 4) is 0 Å². The third-order valence-electron chi connectivity index (χ3n) is 4.14. The van der Waals surface area contributed by atoms with Gasteiger partial charge in [0.05, 0.1) is 0 Å². The van der Waals surface area contributed by atoms with E-state index in [9.17, 15) is 0 Å². The molecule has 0 radical (unpaired) electrons. The lowest BCUT2D eigenvalue weighted by Gasteiger charge is -2.51. The molecule has 3 unspecified atom stereocenters. The van der Waals surface area contributed by atoms with Gasteiger partial charge < -0.3 is 0 Å². The zero-order valence-electron chi connectivity index (χ0n) is 9.32. The molecule has 0 spiro atoms. The van der Waals surface area contributed by atoms with Crippen LogP contribution in [0.25, 0.3) is 0 Å². The van der Waals surface area contributed by atoms with E-state index in [0.717, 1.165) is 11.1 Å². The zero-order valence-corrected chi connectivity index (χ0v) is 10.3. The topological polar surface area (TPSA) is 0 Å². The Morgan fingerprint density at radius 2 is 1.77 bits per heavy atom. The van der Waals surface area contributed by atoms with Gasteiger partial charge >= 0.3 is 0 Å². The average Bonchev–Trinajstić information content (AvgIpc) is 2.00. The molecule has 1 heteroatoms. The van der Waals surface area contributed by atoms with Crippen molar-refractivity contribution in [2.45, 2.75) is 69.6 Å².